The van der Waals surface area contributed by atoms with Crippen LogP contribution in [0.15, 0.2) is 65.6 Å². The van der Waals surface area contributed by atoms with Crippen LogP contribution in [-0.4, -0.2) is 14.3 Å². The van der Waals surface area contributed by atoms with Crippen molar-refractivity contribution in [3.63, 3.8) is 0 Å². The lowest BCUT2D eigenvalue weighted by Crippen LogP contribution is -2.17. The quantitative estimate of drug-likeness (QED) is 0.637. The summed E-state index contributed by atoms with van der Waals surface area (Å²) < 4.78 is 54.2. The van der Waals surface area contributed by atoms with E-state index in [1.165, 1.54) is 24.3 Å². The van der Waals surface area contributed by atoms with Crippen LogP contribution in [0, 0.1) is 25.5 Å². The van der Waals surface area contributed by atoms with E-state index in [1.54, 1.807) is 31.2 Å². The molecule has 0 radical (unpaired) electrons. The Kier molecular flexibility index (Phi) is 5.65. The zero-order valence-electron chi connectivity index (χ0n) is 15.7. The Morgan fingerprint density at radius 2 is 1.48 bits per heavy atom. The molecule has 0 atom stereocenters. The minimum Gasteiger partial charge on any atom is -0.322 e. The number of hydrogen-bond acceptors (Lipinski definition) is 3. The molecule has 0 aliphatic carbocycles. The Bertz CT molecular complexity index is 1180. The van der Waals surface area contributed by atoms with Crippen LogP contribution < -0.4 is 10.0 Å². The molecular formula is C21H18F2N2O3S. The summed E-state index contributed by atoms with van der Waals surface area (Å²) in [7, 11) is -3.92. The first-order valence-corrected chi connectivity index (χ1v) is 10.1. The van der Waals surface area contributed by atoms with Gasteiger partial charge < -0.3 is 5.32 Å². The van der Waals surface area contributed by atoms with Gasteiger partial charge in [-0.25, -0.2) is 17.2 Å². The van der Waals surface area contributed by atoms with Gasteiger partial charge in [0.25, 0.3) is 15.9 Å². The van der Waals surface area contributed by atoms with Gasteiger partial charge in [0.1, 0.15) is 0 Å². The first-order chi connectivity index (χ1) is 13.7. The highest BCUT2D eigenvalue weighted by Crippen LogP contribution is 2.21. The second-order valence-electron chi connectivity index (χ2n) is 6.53. The van der Waals surface area contributed by atoms with E-state index in [4.69, 9.17) is 0 Å². The number of sulfonamides is 1. The predicted octanol–water partition coefficient (Wildman–Crippen LogP) is 4.63. The number of rotatable bonds is 5. The molecule has 0 saturated heterocycles. The molecule has 3 aromatic rings. The van der Waals surface area contributed by atoms with Gasteiger partial charge in [-0.3, -0.25) is 9.52 Å². The summed E-state index contributed by atoms with van der Waals surface area (Å²) in [5.74, 6) is -2.77. The smallest absolute Gasteiger partial charge is 0.261 e. The van der Waals surface area contributed by atoms with Crippen LogP contribution >= 0.6 is 0 Å². The van der Waals surface area contributed by atoms with Crippen LogP contribution in [0.25, 0.3) is 0 Å². The zero-order valence-corrected chi connectivity index (χ0v) is 16.5. The average molecular weight is 416 g/mol. The molecule has 0 aliphatic heterocycles. The summed E-state index contributed by atoms with van der Waals surface area (Å²) in [4.78, 5) is 12.5. The van der Waals surface area contributed by atoms with Crippen LogP contribution in [0.5, 0.6) is 0 Å². The number of amides is 1. The summed E-state index contributed by atoms with van der Waals surface area (Å²) in [5.41, 5.74) is 2.06. The van der Waals surface area contributed by atoms with Crippen LogP contribution in [0.1, 0.15) is 21.5 Å². The number of benzene rings is 3. The van der Waals surface area contributed by atoms with Gasteiger partial charge in [0.15, 0.2) is 11.6 Å². The van der Waals surface area contributed by atoms with Crippen LogP contribution in [0.4, 0.5) is 20.2 Å². The van der Waals surface area contributed by atoms with Crippen molar-refractivity contribution < 1.29 is 22.0 Å². The van der Waals surface area contributed by atoms with Crippen molar-refractivity contribution in [1.29, 1.82) is 0 Å². The topological polar surface area (TPSA) is 75.3 Å². The van der Waals surface area contributed by atoms with Gasteiger partial charge in [-0.15, -0.1) is 0 Å². The standard InChI is InChI=1S/C21H18F2N2O3S/c1-13-3-6-15(7-4-13)25-29(27,28)17-9-5-14(2)18(12-17)21(26)24-16-8-10-19(22)20(23)11-16/h3-12,25H,1-2H3,(H,24,26). The molecule has 0 spiro atoms. The molecule has 0 saturated carbocycles. The SMILES string of the molecule is Cc1ccc(NS(=O)(=O)c2ccc(C)c(C(=O)Nc3ccc(F)c(F)c3)c2)cc1. The normalized spacial score (nSPS) is 11.2. The summed E-state index contributed by atoms with van der Waals surface area (Å²) in [6.45, 7) is 3.53. The van der Waals surface area contributed by atoms with Gasteiger partial charge in [-0.2, -0.15) is 0 Å². The second kappa shape index (κ2) is 8.00. The highest BCUT2D eigenvalue weighted by atomic mass is 32.2. The lowest BCUT2D eigenvalue weighted by molar-refractivity contribution is 0.102. The number of carbonyl (C=O) groups excluding carboxylic acids is 1. The highest BCUT2D eigenvalue weighted by molar-refractivity contribution is 7.92. The molecule has 1 amide bonds. The fourth-order valence-corrected chi connectivity index (χ4v) is 3.71. The molecule has 2 N–H and O–H groups in total. The summed E-state index contributed by atoms with van der Waals surface area (Å²) in [6, 6.07) is 13.9. The van der Waals surface area contributed by atoms with E-state index in [1.807, 2.05) is 6.92 Å². The average Bonchev–Trinajstić information content (AvgIpc) is 2.66. The zero-order chi connectivity index (χ0) is 21.2. The Morgan fingerprint density at radius 3 is 2.14 bits per heavy atom. The molecule has 3 aromatic carbocycles. The van der Waals surface area contributed by atoms with E-state index in [9.17, 15) is 22.0 Å². The molecule has 8 heteroatoms. The lowest BCUT2D eigenvalue weighted by atomic mass is 10.1. The van der Waals surface area contributed by atoms with Gasteiger partial charge in [0.05, 0.1) is 4.90 Å². The number of aryl methyl sites for hydroxylation is 2. The van der Waals surface area contributed by atoms with Gasteiger partial charge in [0.2, 0.25) is 0 Å². The highest BCUT2D eigenvalue weighted by Gasteiger charge is 2.19. The first-order valence-electron chi connectivity index (χ1n) is 8.62. The molecule has 29 heavy (non-hydrogen) atoms. The van der Waals surface area contributed by atoms with E-state index in [-0.39, 0.29) is 16.1 Å². The predicted molar refractivity (Wildman–Crippen MR) is 107 cm³/mol. The van der Waals surface area contributed by atoms with Gasteiger partial charge >= 0.3 is 0 Å². The van der Waals surface area contributed by atoms with Crippen molar-refractivity contribution >= 4 is 27.3 Å². The fraction of sp³-hybridized carbons (Fsp3) is 0.0952. The summed E-state index contributed by atoms with van der Waals surface area (Å²) in [6.07, 6.45) is 0. The maximum absolute atomic E-state index is 13.3. The van der Waals surface area contributed by atoms with Gasteiger partial charge in [-0.1, -0.05) is 23.8 Å². The van der Waals surface area contributed by atoms with Gasteiger partial charge in [-0.05, 0) is 55.8 Å². The molecular weight excluding hydrogens is 398 g/mol. The largest absolute Gasteiger partial charge is 0.322 e. The molecule has 0 fully saturated rings. The number of hydrogen-bond donors (Lipinski definition) is 2. The first kappa shape index (κ1) is 20.5. The maximum Gasteiger partial charge on any atom is 0.261 e. The van der Waals surface area contributed by atoms with Crippen molar-refractivity contribution in [1.82, 2.24) is 0 Å². The van der Waals surface area contributed by atoms with Crippen molar-refractivity contribution in [2.75, 3.05) is 10.0 Å². The minimum atomic E-state index is -3.92. The fourth-order valence-electron chi connectivity index (χ4n) is 2.62. The molecule has 0 heterocycles. The van der Waals surface area contributed by atoms with Crippen molar-refractivity contribution in [2.45, 2.75) is 18.7 Å². The molecule has 0 unspecified atom stereocenters. The van der Waals surface area contributed by atoms with Crippen LogP contribution in [-0.2, 0) is 10.0 Å². The molecule has 0 bridgehead atoms. The minimum absolute atomic E-state index is 0.0549. The number of carbonyl (C=O) groups is 1. The summed E-state index contributed by atoms with van der Waals surface area (Å²) in [5, 5.41) is 2.44. The number of anilines is 2. The van der Waals surface area contributed by atoms with E-state index in [0.29, 0.717) is 11.3 Å². The Labute approximate surface area is 167 Å². The molecule has 0 aromatic heterocycles. The number of nitrogens with one attached hydrogen (secondary N) is 2. The third kappa shape index (κ3) is 4.78. The van der Waals surface area contributed by atoms with E-state index in [0.717, 1.165) is 17.7 Å². The van der Waals surface area contributed by atoms with E-state index in [2.05, 4.69) is 10.0 Å². The molecule has 0 aliphatic rings. The number of halogens is 2. The van der Waals surface area contributed by atoms with E-state index < -0.39 is 27.6 Å². The van der Waals surface area contributed by atoms with E-state index >= 15 is 0 Å². The van der Waals surface area contributed by atoms with Gasteiger partial charge in [0, 0.05) is 23.0 Å². The molecule has 5 nitrogen and oxygen atoms in total. The second-order valence-corrected chi connectivity index (χ2v) is 8.21. The lowest BCUT2D eigenvalue weighted by Gasteiger charge is -2.12. The third-order valence-corrected chi connectivity index (χ3v) is 5.62. The maximum atomic E-state index is 13.3. The Balaban J connectivity index is 1.87. The van der Waals surface area contributed by atoms with Crippen LogP contribution in [0.2, 0.25) is 0 Å². The molecule has 3 rings (SSSR count). The van der Waals surface area contributed by atoms with Crippen LogP contribution in [0.3, 0.4) is 0 Å². The monoisotopic (exact) mass is 416 g/mol. The van der Waals surface area contributed by atoms with Crippen molar-refractivity contribution in [3.8, 4) is 0 Å². The Morgan fingerprint density at radius 1 is 0.828 bits per heavy atom. The van der Waals surface area contributed by atoms with Crippen molar-refractivity contribution in [2.24, 2.45) is 0 Å². The third-order valence-electron chi connectivity index (χ3n) is 4.25. The summed E-state index contributed by atoms with van der Waals surface area (Å²) >= 11 is 0. The Hall–Kier alpha value is -3.26. The molecule has 150 valence electrons. The van der Waals surface area contributed by atoms with Crippen molar-refractivity contribution in [3.05, 3.63) is 89.0 Å².